The zero-order valence-corrected chi connectivity index (χ0v) is 11.1. The van der Waals surface area contributed by atoms with Gasteiger partial charge in [0.2, 0.25) is 5.91 Å². The molecule has 0 radical (unpaired) electrons. The Balaban J connectivity index is 1.92. The van der Waals surface area contributed by atoms with Crippen LogP contribution in [0.5, 0.6) is 0 Å². The molecule has 2 rings (SSSR count). The SMILES string of the molecule is CCC(CC#N)NC(=O)CC1CNc2ccccc21. The highest BCUT2D eigenvalue weighted by atomic mass is 16.1. The van der Waals surface area contributed by atoms with Gasteiger partial charge in [-0.2, -0.15) is 5.26 Å². The Bertz CT molecular complexity index is 492. The molecule has 2 unspecified atom stereocenters. The summed E-state index contributed by atoms with van der Waals surface area (Å²) in [5.41, 5.74) is 2.34. The summed E-state index contributed by atoms with van der Waals surface area (Å²) in [4.78, 5) is 12.0. The first-order valence-corrected chi connectivity index (χ1v) is 6.73. The first kappa shape index (κ1) is 13.4. The molecule has 0 saturated heterocycles. The van der Waals surface area contributed by atoms with Crippen LogP contribution in [-0.2, 0) is 4.79 Å². The van der Waals surface area contributed by atoms with E-state index in [0.717, 1.165) is 18.7 Å². The third kappa shape index (κ3) is 3.25. The average Bonchev–Trinajstić information content (AvgIpc) is 2.82. The van der Waals surface area contributed by atoms with E-state index in [1.807, 2.05) is 25.1 Å². The molecule has 1 heterocycles. The first-order chi connectivity index (χ1) is 9.24. The highest BCUT2D eigenvalue weighted by Gasteiger charge is 2.24. The van der Waals surface area contributed by atoms with Gasteiger partial charge in [0.05, 0.1) is 12.5 Å². The van der Waals surface area contributed by atoms with Crippen molar-refractivity contribution in [1.29, 1.82) is 5.26 Å². The number of carbonyl (C=O) groups excluding carboxylic acids is 1. The monoisotopic (exact) mass is 257 g/mol. The highest BCUT2D eigenvalue weighted by Crippen LogP contribution is 2.33. The topological polar surface area (TPSA) is 64.9 Å². The molecule has 4 nitrogen and oxygen atoms in total. The van der Waals surface area contributed by atoms with Crippen LogP contribution in [-0.4, -0.2) is 18.5 Å². The van der Waals surface area contributed by atoms with Crippen molar-refractivity contribution >= 4 is 11.6 Å². The number of amides is 1. The lowest BCUT2D eigenvalue weighted by molar-refractivity contribution is -0.122. The number of nitrogens with one attached hydrogen (secondary N) is 2. The Morgan fingerprint density at radius 3 is 3.11 bits per heavy atom. The molecular formula is C15H19N3O. The van der Waals surface area contributed by atoms with E-state index in [1.54, 1.807) is 0 Å². The Hall–Kier alpha value is -2.02. The van der Waals surface area contributed by atoms with E-state index in [4.69, 9.17) is 5.26 Å². The lowest BCUT2D eigenvalue weighted by Crippen LogP contribution is -2.35. The van der Waals surface area contributed by atoms with Crippen LogP contribution in [0.3, 0.4) is 0 Å². The molecule has 1 aromatic carbocycles. The molecule has 0 fully saturated rings. The molecule has 2 N–H and O–H groups in total. The molecular weight excluding hydrogens is 238 g/mol. The number of rotatable bonds is 5. The van der Waals surface area contributed by atoms with Gasteiger partial charge in [0, 0.05) is 30.6 Å². The van der Waals surface area contributed by atoms with E-state index >= 15 is 0 Å². The first-order valence-electron chi connectivity index (χ1n) is 6.73. The second-order valence-corrected chi connectivity index (χ2v) is 4.90. The van der Waals surface area contributed by atoms with Gasteiger partial charge in [-0.1, -0.05) is 25.1 Å². The maximum Gasteiger partial charge on any atom is 0.220 e. The van der Waals surface area contributed by atoms with Gasteiger partial charge in [-0.3, -0.25) is 4.79 Å². The van der Waals surface area contributed by atoms with Crippen molar-refractivity contribution in [3.63, 3.8) is 0 Å². The molecule has 0 saturated carbocycles. The zero-order chi connectivity index (χ0) is 13.7. The smallest absolute Gasteiger partial charge is 0.220 e. The quantitative estimate of drug-likeness (QED) is 0.851. The van der Waals surface area contributed by atoms with Crippen molar-refractivity contribution in [2.45, 2.75) is 38.1 Å². The molecule has 1 amide bonds. The minimum Gasteiger partial charge on any atom is -0.384 e. The van der Waals surface area contributed by atoms with E-state index in [0.29, 0.717) is 12.8 Å². The second kappa shape index (κ2) is 6.24. The lowest BCUT2D eigenvalue weighted by Gasteiger charge is -2.15. The van der Waals surface area contributed by atoms with Gasteiger partial charge in [-0.05, 0) is 18.1 Å². The van der Waals surface area contributed by atoms with Gasteiger partial charge in [0.1, 0.15) is 0 Å². The van der Waals surface area contributed by atoms with Crippen molar-refractivity contribution in [2.75, 3.05) is 11.9 Å². The Morgan fingerprint density at radius 1 is 1.58 bits per heavy atom. The van der Waals surface area contributed by atoms with Gasteiger partial charge < -0.3 is 10.6 Å². The molecule has 1 aliphatic rings. The predicted octanol–water partition coefficient (Wildman–Crippen LogP) is 2.39. The predicted molar refractivity (Wildman–Crippen MR) is 74.7 cm³/mol. The molecule has 2 atom stereocenters. The largest absolute Gasteiger partial charge is 0.384 e. The van der Waals surface area contributed by atoms with Crippen LogP contribution in [0.4, 0.5) is 5.69 Å². The van der Waals surface area contributed by atoms with Crippen LogP contribution >= 0.6 is 0 Å². The standard InChI is InChI=1S/C15H19N3O/c1-2-12(7-8-16)18-15(19)9-11-10-17-14-6-4-3-5-13(11)14/h3-6,11-12,17H,2,7,9-10H2,1H3,(H,18,19). The van der Waals surface area contributed by atoms with E-state index in [9.17, 15) is 4.79 Å². The molecule has 0 bridgehead atoms. The molecule has 0 aromatic heterocycles. The minimum absolute atomic E-state index is 0.0258. The third-order valence-electron chi connectivity index (χ3n) is 3.57. The van der Waals surface area contributed by atoms with Crippen molar-refractivity contribution in [3.05, 3.63) is 29.8 Å². The van der Waals surface area contributed by atoms with Gasteiger partial charge in [0.15, 0.2) is 0 Å². The Morgan fingerprint density at radius 2 is 2.37 bits per heavy atom. The number of hydrogen-bond donors (Lipinski definition) is 2. The molecule has 0 aliphatic carbocycles. The normalized spacial score (nSPS) is 18.0. The van der Waals surface area contributed by atoms with Gasteiger partial charge in [-0.25, -0.2) is 0 Å². The van der Waals surface area contributed by atoms with Crippen molar-refractivity contribution in [3.8, 4) is 6.07 Å². The summed E-state index contributed by atoms with van der Waals surface area (Å²) in [7, 11) is 0. The van der Waals surface area contributed by atoms with Crippen LogP contribution in [0.2, 0.25) is 0 Å². The van der Waals surface area contributed by atoms with Crippen LogP contribution in [0.25, 0.3) is 0 Å². The summed E-state index contributed by atoms with van der Waals surface area (Å²) in [5.74, 6) is 0.265. The van der Waals surface area contributed by atoms with Crippen LogP contribution in [0, 0.1) is 11.3 Å². The van der Waals surface area contributed by atoms with Crippen LogP contribution < -0.4 is 10.6 Å². The maximum absolute atomic E-state index is 12.0. The fourth-order valence-electron chi connectivity index (χ4n) is 2.46. The summed E-state index contributed by atoms with van der Waals surface area (Å²) in [6, 6.07) is 10.2. The van der Waals surface area contributed by atoms with E-state index in [-0.39, 0.29) is 17.9 Å². The van der Waals surface area contributed by atoms with E-state index in [1.165, 1.54) is 5.56 Å². The van der Waals surface area contributed by atoms with E-state index < -0.39 is 0 Å². The number of para-hydroxylation sites is 1. The molecule has 1 aliphatic heterocycles. The molecule has 1 aromatic rings. The van der Waals surface area contributed by atoms with Crippen molar-refractivity contribution < 1.29 is 4.79 Å². The summed E-state index contributed by atoms with van der Waals surface area (Å²) >= 11 is 0. The summed E-state index contributed by atoms with van der Waals surface area (Å²) < 4.78 is 0. The summed E-state index contributed by atoms with van der Waals surface area (Å²) in [6.07, 6.45) is 1.65. The highest BCUT2D eigenvalue weighted by molar-refractivity contribution is 5.78. The van der Waals surface area contributed by atoms with Crippen molar-refractivity contribution in [2.24, 2.45) is 0 Å². The molecule has 4 heteroatoms. The number of benzene rings is 1. The number of nitriles is 1. The molecule has 0 spiro atoms. The van der Waals surface area contributed by atoms with Crippen molar-refractivity contribution in [1.82, 2.24) is 5.32 Å². The molecule has 19 heavy (non-hydrogen) atoms. The third-order valence-corrected chi connectivity index (χ3v) is 3.57. The van der Waals surface area contributed by atoms with Gasteiger partial charge in [-0.15, -0.1) is 0 Å². The number of carbonyl (C=O) groups is 1. The van der Waals surface area contributed by atoms with Crippen LogP contribution in [0.15, 0.2) is 24.3 Å². The number of hydrogen-bond acceptors (Lipinski definition) is 3. The number of nitrogens with zero attached hydrogens (tertiary/aromatic N) is 1. The van der Waals surface area contributed by atoms with Gasteiger partial charge >= 0.3 is 0 Å². The Kier molecular flexibility index (Phi) is 4.40. The summed E-state index contributed by atoms with van der Waals surface area (Å²) in [6.45, 7) is 2.79. The van der Waals surface area contributed by atoms with E-state index in [2.05, 4.69) is 22.8 Å². The number of fused-ring (bicyclic) bond motifs is 1. The molecule has 100 valence electrons. The maximum atomic E-state index is 12.0. The minimum atomic E-state index is -0.0258. The van der Waals surface area contributed by atoms with Crippen LogP contribution in [0.1, 0.15) is 37.7 Å². The fourth-order valence-corrected chi connectivity index (χ4v) is 2.46. The lowest BCUT2D eigenvalue weighted by atomic mass is 9.97. The Labute approximate surface area is 113 Å². The average molecular weight is 257 g/mol. The number of anilines is 1. The fraction of sp³-hybridized carbons (Fsp3) is 0.467. The zero-order valence-electron chi connectivity index (χ0n) is 11.1. The second-order valence-electron chi connectivity index (χ2n) is 4.90. The summed E-state index contributed by atoms with van der Waals surface area (Å²) in [5, 5.41) is 14.9. The van der Waals surface area contributed by atoms with Gasteiger partial charge in [0.25, 0.3) is 0 Å².